The Hall–Kier alpha value is -1.10. The van der Waals surface area contributed by atoms with E-state index in [1.807, 2.05) is 0 Å². The van der Waals surface area contributed by atoms with E-state index in [-0.39, 0.29) is 9.37 Å². The molecule has 0 atom stereocenters. The van der Waals surface area contributed by atoms with Crippen LogP contribution in [0.1, 0.15) is 61.6 Å². The second-order valence-corrected chi connectivity index (χ2v) is 5.59. The Morgan fingerprint density at radius 1 is 1.55 bits per heavy atom. The molecule has 4 nitrogen and oxygen atoms in total. The summed E-state index contributed by atoms with van der Waals surface area (Å²) in [7, 11) is 0. The minimum absolute atomic E-state index is 0.298. The Morgan fingerprint density at radius 2 is 2.20 bits per heavy atom. The van der Waals surface area contributed by atoms with Crippen LogP contribution in [-0.4, -0.2) is 34.6 Å². The van der Waals surface area contributed by atoms with Crippen LogP contribution in [0.2, 0.25) is 0 Å². The molecule has 0 spiro atoms. The summed E-state index contributed by atoms with van der Waals surface area (Å²) in [4.78, 5) is 15.9. The summed E-state index contributed by atoms with van der Waals surface area (Å²) in [5.74, 6) is -3.60. The number of carbonyl (C=O) groups is 1. The lowest BCUT2D eigenvalue weighted by molar-refractivity contribution is 0.0204. The number of carbonyl (C=O) groups excluding carboxylic acids is 1. The van der Waals surface area contributed by atoms with Crippen LogP contribution in [0.15, 0.2) is 22.7 Å². The summed E-state index contributed by atoms with van der Waals surface area (Å²) in [6.07, 6.45) is -9.92. The van der Waals surface area contributed by atoms with Crippen molar-refractivity contribution in [3.05, 3.63) is 28.4 Å². The van der Waals surface area contributed by atoms with Crippen LogP contribution in [0.5, 0.6) is 0 Å². The standard InChI is InChI=1S/C15H21BrN2O2/c1-15(2,3)20-14(19)18-8-6-11(7-9-18)13-5-4-12(16)10-17-13/h4-5,10-11H,6-9H2,1-3H3/i4D,5D,6D2,7D2,8D2,9D2,10D,11D. The normalized spacial score (nSPS) is 37.5. The van der Waals surface area contributed by atoms with Crippen LogP contribution in [0.3, 0.4) is 0 Å². The molecule has 5 heteroatoms. The van der Waals surface area contributed by atoms with Gasteiger partial charge in [0, 0.05) is 47.6 Å². The van der Waals surface area contributed by atoms with E-state index in [1.54, 1.807) is 0 Å². The van der Waals surface area contributed by atoms with E-state index in [0.717, 1.165) is 0 Å². The molecule has 0 unspecified atom stereocenters. The van der Waals surface area contributed by atoms with Crippen LogP contribution in [-0.2, 0) is 4.74 Å². The molecule has 1 amide bonds. The third-order valence-corrected chi connectivity index (χ3v) is 2.33. The van der Waals surface area contributed by atoms with Gasteiger partial charge in [0.05, 0.1) is 4.11 Å². The SMILES string of the molecule is [2H]c1nc(C2([2H])C([2H])([2H])C([2H])([2H])N(C(=O)OC(C)(C)C)C([2H])([2H])C2([2H])[2H])c([2H])c([2H])c1Br. The molecule has 0 aromatic carbocycles. The highest BCUT2D eigenvalue weighted by molar-refractivity contribution is 9.10. The van der Waals surface area contributed by atoms with Gasteiger partial charge in [0.15, 0.2) is 0 Å². The quantitative estimate of drug-likeness (QED) is 0.768. The molecule has 1 aliphatic rings. The van der Waals surface area contributed by atoms with Crippen molar-refractivity contribution >= 4 is 22.0 Å². The number of aromatic nitrogens is 1. The fourth-order valence-corrected chi connectivity index (χ4v) is 1.38. The smallest absolute Gasteiger partial charge is 0.410 e. The first-order valence-corrected chi connectivity index (χ1v) is 6.46. The van der Waals surface area contributed by atoms with Gasteiger partial charge in [-0.1, -0.05) is 0 Å². The number of ether oxygens (including phenoxy) is 1. The Labute approximate surface area is 145 Å². The summed E-state index contributed by atoms with van der Waals surface area (Å²) < 4.78 is 104. The van der Waals surface area contributed by atoms with Crippen molar-refractivity contribution in [1.82, 2.24) is 9.88 Å². The number of halogens is 1. The van der Waals surface area contributed by atoms with Gasteiger partial charge in [-0.3, -0.25) is 4.98 Å². The lowest BCUT2D eigenvalue weighted by Crippen LogP contribution is -2.41. The molecule has 1 fully saturated rings. The Balaban J connectivity index is 2.94. The van der Waals surface area contributed by atoms with Gasteiger partial charge in [-0.2, -0.15) is 0 Å². The Kier molecular flexibility index (Phi) is 1.82. The highest BCUT2D eigenvalue weighted by atomic mass is 79.9. The van der Waals surface area contributed by atoms with Crippen LogP contribution in [0.4, 0.5) is 4.79 Å². The molecule has 0 bridgehead atoms. The predicted octanol–water partition coefficient (Wildman–Crippen LogP) is 3.96. The second kappa shape index (κ2) is 6.12. The maximum Gasteiger partial charge on any atom is 0.410 e. The van der Waals surface area contributed by atoms with Crippen molar-refractivity contribution in [2.24, 2.45) is 0 Å². The number of piperidine rings is 1. The summed E-state index contributed by atoms with van der Waals surface area (Å²) in [6, 6.07) is -1.73. The van der Waals surface area contributed by atoms with Crippen molar-refractivity contribution in [1.29, 1.82) is 0 Å². The summed E-state index contributed by atoms with van der Waals surface area (Å²) in [6.45, 7) is -3.19. The average Bonchev–Trinajstić information content (AvgIpc) is 2.58. The van der Waals surface area contributed by atoms with Crippen LogP contribution in [0.25, 0.3) is 0 Å². The molecule has 1 aromatic rings. The maximum absolute atomic E-state index is 12.7. The Bertz CT molecular complexity index is 935. The number of likely N-dealkylation sites (tertiary alicyclic amines) is 1. The molecule has 2 heterocycles. The van der Waals surface area contributed by atoms with E-state index in [9.17, 15) is 4.79 Å². The molecule has 110 valence electrons. The zero-order valence-electron chi connectivity index (χ0n) is 23.1. The van der Waals surface area contributed by atoms with Crippen molar-refractivity contribution < 1.29 is 26.0 Å². The number of hydrogen-bond acceptors (Lipinski definition) is 3. The van der Waals surface area contributed by atoms with Crippen molar-refractivity contribution in [3.63, 3.8) is 0 Å². The molecule has 0 radical (unpaired) electrons. The number of nitrogens with zero attached hydrogens (tertiary/aromatic N) is 2. The van der Waals surface area contributed by atoms with Gasteiger partial charge in [-0.25, -0.2) is 4.79 Å². The third-order valence-electron chi connectivity index (χ3n) is 1.95. The molecular formula is C15H21BrN2O2. The van der Waals surface area contributed by atoms with Crippen molar-refractivity contribution in [3.8, 4) is 0 Å². The highest BCUT2D eigenvalue weighted by Gasteiger charge is 2.27. The molecule has 0 aliphatic carbocycles. The molecular weight excluding hydrogens is 320 g/mol. The summed E-state index contributed by atoms with van der Waals surface area (Å²) in [5.41, 5.74) is -2.41. The Morgan fingerprint density at radius 3 is 2.80 bits per heavy atom. The van der Waals surface area contributed by atoms with Gasteiger partial charge < -0.3 is 9.64 Å². The monoisotopic (exact) mass is 352 g/mol. The first kappa shape index (κ1) is 5.95. The minimum atomic E-state index is -3.73. The van der Waals surface area contributed by atoms with Gasteiger partial charge >= 0.3 is 6.09 Å². The highest BCUT2D eigenvalue weighted by Crippen LogP contribution is 2.28. The molecule has 1 saturated heterocycles. The lowest BCUT2D eigenvalue weighted by atomic mass is 9.93. The van der Waals surface area contributed by atoms with E-state index in [1.165, 1.54) is 20.8 Å². The van der Waals surface area contributed by atoms with Gasteiger partial charge in [-0.15, -0.1) is 0 Å². The molecule has 0 N–H and O–H groups in total. The predicted molar refractivity (Wildman–Crippen MR) is 81.7 cm³/mol. The van der Waals surface area contributed by atoms with Gasteiger partial charge in [-0.05, 0) is 61.5 Å². The van der Waals surface area contributed by atoms with E-state index < -0.39 is 67.3 Å². The molecule has 0 saturated carbocycles. The number of rotatable bonds is 1. The molecule has 2 rings (SSSR count). The fourth-order valence-electron chi connectivity index (χ4n) is 1.19. The number of hydrogen-bond donors (Lipinski definition) is 0. The fraction of sp³-hybridized carbons (Fsp3) is 0.600. The van der Waals surface area contributed by atoms with E-state index in [2.05, 4.69) is 20.9 Å². The van der Waals surface area contributed by atoms with Gasteiger partial charge in [0.1, 0.15) is 5.60 Å². The largest absolute Gasteiger partial charge is 0.444 e. The van der Waals surface area contributed by atoms with Crippen molar-refractivity contribution in [2.75, 3.05) is 13.0 Å². The maximum atomic E-state index is 12.7. The van der Waals surface area contributed by atoms with Crippen LogP contribution in [0, 0.1) is 0 Å². The lowest BCUT2D eigenvalue weighted by Gasteiger charge is -2.33. The summed E-state index contributed by atoms with van der Waals surface area (Å²) >= 11 is 2.84. The average molecular weight is 353 g/mol. The van der Waals surface area contributed by atoms with Gasteiger partial charge in [0.25, 0.3) is 0 Å². The van der Waals surface area contributed by atoms with E-state index in [0.29, 0.717) is 0 Å². The zero-order chi connectivity index (χ0) is 25.5. The van der Waals surface area contributed by atoms with Crippen LogP contribution < -0.4 is 0 Å². The topological polar surface area (TPSA) is 42.4 Å². The number of amides is 1. The van der Waals surface area contributed by atoms with E-state index >= 15 is 0 Å². The first-order chi connectivity index (χ1) is 14.0. The van der Waals surface area contributed by atoms with E-state index in [4.69, 9.17) is 21.2 Å². The first-order valence-electron chi connectivity index (χ1n) is 11.7. The molecule has 20 heavy (non-hydrogen) atoms. The third kappa shape index (κ3) is 4.20. The molecule has 1 aliphatic heterocycles. The second-order valence-electron chi connectivity index (χ2n) is 4.80. The van der Waals surface area contributed by atoms with Gasteiger partial charge in [0.2, 0.25) is 0 Å². The van der Waals surface area contributed by atoms with Crippen LogP contribution >= 0.6 is 15.9 Å². The zero-order valence-corrected chi connectivity index (χ0v) is 12.7. The summed E-state index contributed by atoms with van der Waals surface area (Å²) in [5, 5.41) is 0. The number of pyridine rings is 1. The molecule has 1 aromatic heterocycles. The minimum Gasteiger partial charge on any atom is -0.444 e. The van der Waals surface area contributed by atoms with Crippen molar-refractivity contribution in [2.45, 2.75) is 45.0 Å².